The van der Waals surface area contributed by atoms with Crippen LogP contribution in [-0.4, -0.2) is 18.2 Å². The van der Waals surface area contributed by atoms with E-state index in [4.69, 9.17) is 11.6 Å². The van der Waals surface area contributed by atoms with Gasteiger partial charge in [-0.2, -0.15) is 26.3 Å². The molecule has 1 aliphatic rings. The number of aromatic nitrogens is 1. The van der Waals surface area contributed by atoms with Crippen molar-refractivity contribution in [2.45, 2.75) is 12.4 Å². The Bertz CT molecular complexity index is 862. The molecule has 0 aliphatic carbocycles. The zero-order valence-corrected chi connectivity index (χ0v) is 14.3. The number of pyridine rings is 1. The van der Waals surface area contributed by atoms with Crippen molar-refractivity contribution in [3.63, 3.8) is 0 Å². The normalized spacial score (nSPS) is 15.7. The molecule has 144 valence electrons. The van der Waals surface area contributed by atoms with Crippen molar-refractivity contribution in [3.05, 3.63) is 65.0 Å². The van der Waals surface area contributed by atoms with Gasteiger partial charge in [0.05, 0.1) is 23.8 Å². The highest BCUT2D eigenvalue weighted by Gasteiger charge is 2.33. The Morgan fingerprint density at radius 2 is 1.63 bits per heavy atom. The van der Waals surface area contributed by atoms with E-state index in [1.807, 2.05) is 0 Å². The molecule has 1 aromatic carbocycles. The monoisotopic (exact) mass is 407 g/mol. The van der Waals surface area contributed by atoms with Crippen molar-refractivity contribution in [1.29, 1.82) is 0 Å². The van der Waals surface area contributed by atoms with Crippen molar-refractivity contribution < 1.29 is 26.3 Å². The highest BCUT2D eigenvalue weighted by Crippen LogP contribution is 2.34. The fourth-order valence-electron chi connectivity index (χ4n) is 2.60. The first kappa shape index (κ1) is 19.3. The van der Waals surface area contributed by atoms with E-state index < -0.39 is 23.6 Å². The molecular formula is C17H12ClF6N3. The molecule has 0 N–H and O–H groups in total. The van der Waals surface area contributed by atoms with Gasteiger partial charge in [0.25, 0.3) is 0 Å². The summed E-state index contributed by atoms with van der Waals surface area (Å²) >= 11 is 6.07. The van der Waals surface area contributed by atoms with E-state index in [0.29, 0.717) is 0 Å². The van der Waals surface area contributed by atoms with Crippen molar-refractivity contribution in [1.82, 2.24) is 4.98 Å². The first-order valence-electron chi connectivity index (χ1n) is 7.63. The lowest BCUT2D eigenvalue weighted by Gasteiger charge is -2.35. The second kappa shape index (κ2) is 6.95. The minimum Gasteiger partial charge on any atom is -0.348 e. The molecule has 0 unspecified atom stereocenters. The number of rotatable bonds is 2. The smallest absolute Gasteiger partial charge is 0.348 e. The number of anilines is 2. The van der Waals surface area contributed by atoms with E-state index in [0.717, 1.165) is 18.2 Å². The summed E-state index contributed by atoms with van der Waals surface area (Å²) in [6.07, 6.45) is -7.71. The molecule has 27 heavy (non-hydrogen) atoms. The summed E-state index contributed by atoms with van der Waals surface area (Å²) in [5.41, 5.74) is -1.65. The average molecular weight is 408 g/mol. The van der Waals surface area contributed by atoms with Crippen molar-refractivity contribution >= 4 is 23.1 Å². The van der Waals surface area contributed by atoms with Crippen molar-refractivity contribution in [2.75, 3.05) is 23.0 Å². The Kier molecular flexibility index (Phi) is 4.98. The number of alkyl halides is 6. The summed E-state index contributed by atoms with van der Waals surface area (Å²) in [5.74, 6) is -0.0142. The molecule has 0 radical (unpaired) electrons. The van der Waals surface area contributed by atoms with Gasteiger partial charge in [0, 0.05) is 11.9 Å². The Morgan fingerprint density at radius 3 is 2.30 bits per heavy atom. The Morgan fingerprint density at radius 1 is 0.926 bits per heavy atom. The van der Waals surface area contributed by atoms with Crippen molar-refractivity contribution in [2.24, 2.45) is 0 Å². The largest absolute Gasteiger partial charge is 0.433 e. The molecule has 2 heterocycles. The predicted molar refractivity (Wildman–Crippen MR) is 89.3 cm³/mol. The Labute approximate surface area is 155 Å². The number of hydrogen-bond acceptors (Lipinski definition) is 3. The number of halogens is 7. The molecule has 3 rings (SSSR count). The fourth-order valence-corrected chi connectivity index (χ4v) is 2.86. The van der Waals surface area contributed by atoms with E-state index in [9.17, 15) is 26.3 Å². The molecule has 1 aliphatic heterocycles. The van der Waals surface area contributed by atoms with E-state index in [-0.39, 0.29) is 29.8 Å². The first-order chi connectivity index (χ1) is 12.5. The van der Waals surface area contributed by atoms with Crippen LogP contribution in [0, 0.1) is 0 Å². The summed E-state index contributed by atoms with van der Waals surface area (Å²) in [7, 11) is 0. The van der Waals surface area contributed by atoms with E-state index in [2.05, 4.69) is 4.98 Å². The van der Waals surface area contributed by atoms with Crippen LogP contribution in [0.1, 0.15) is 11.3 Å². The highest BCUT2D eigenvalue weighted by molar-refractivity contribution is 6.30. The second-order valence-electron chi connectivity index (χ2n) is 5.81. The Balaban J connectivity index is 1.90. The van der Waals surface area contributed by atoms with Gasteiger partial charge in [-0.3, -0.25) is 0 Å². The first-order valence-corrected chi connectivity index (χ1v) is 8.01. The van der Waals surface area contributed by atoms with Gasteiger partial charge in [-0.1, -0.05) is 23.7 Å². The molecule has 3 nitrogen and oxygen atoms in total. The van der Waals surface area contributed by atoms with Crippen LogP contribution in [0.25, 0.3) is 0 Å². The summed E-state index contributed by atoms with van der Waals surface area (Å²) in [5, 5.41) is 0.248. The lowest BCUT2D eigenvalue weighted by molar-refractivity contribution is -0.141. The molecule has 0 saturated carbocycles. The zero-order chi connectivity index (χ0) is 19.8. The molecule has 0 saturated heterocycles. The zero-order valence-electron chi connectivity index (χ0n) is 13.5. The molecule has 0 amide bonds. The van der Waals surface area contributed by atoms with Gasteiger partial charge < -0.3 is 9.80 Å². The van der Waals surface area contributed by atoms with E-state index in [1.54, 1.807) is 0 Å². The van der Waals surface area contributed by atoms with Crippen LogP contribution in [0.2, 0.25) is 0 Å². The van der Waals surface area contributed by atoms with Crippen LogP contribution >= 0.6 is 11.6 Å². The van der Waals surface area contributed by atoms with Gasteiger partial charge in [-0.05, 0) is 30.3 Å². The third-order valence-corrected chi connectivity index (χ3v) is 4.04. The maximum Gasteiger partial charge on any atom is 0.433 e. The third kappa shape index (κ3) is 4.47. The SMILES string of the molecule is FC(F)(F)c1cccc(N2CC(Cl)=CN(c3cccc(C(F)(F)F)n3)C2)c1. The van der Waals surface area contributed by atoms with Crippen LogP contribution in [0.5, 0.6) is 0 Å². The molecule has 0 bridgehead atoms. The third-order valence-electron chi connectivity index (χ3n) is 3.82. The maximum absolute atomic E-state index is 12.9. The molecule has 0 atom stereocenters. The summed E-state index contributed by atoms with van der Waals surface area (Å²) in [6, 6.07) is 8.05. The quantitative estimate of drug-likeness (QED) is 0.614. The van der Waals surface area contributed by atoms with Crippen LogP contribution < -0.4 is 9.80 Å². The van der Waals surface area contributed by atoms with Crippen LogP contribution in [0.4, 0.5) is 37.8 Å². The van der Waals surface area contributed by atoms with Crippen LogP contribution in [-0.2, 0) is 12.4 Å². The molecule has 0 spiro atoms. The molecular weight excluding hydrogens is 396 g/mol. The van der Waals surface area contributed by atoms with Gasteiger partial charge in [0.15, 0.2) is 0 Å². The van der Waals surface area contributed by atoms with Crippen LogP contribution in [0.15, 0.2) is 53.7 Å². The minimum absolute atomic E-state index is 0.00809. The van der Waals surface area contributed by atoms with E-state index in [1.165, 1.54) is 40.3 Å². The van der Waals surface area contributed by atoms with Gasteiger partial charge in [0.2, 0.25) is 0 Å². The van der Waals surface area contributed by atoms with Gasteiger partial charge in [-0.25, -0.2) is 4.98 Å². The fraction of sp³-hybridized carbons (Fsp3) is 0.235. The minimum atomic E-state index is -4.61. The number of nitrogens with zero attached hydrogens (tertiary/aromatic N) is 3. The predicted octanol–water partition coefficient (Wildman–Crippen LogP) is 5.48. The topological polar surface area (TPSA) is 19.4 Å². The molecule has 10 heteroatoms. The highest BCUT2D eigenvalue weighted by atomic mass is 35.5. The lowest BCUT2D eigenvalue weighted by atomic mass is 10.1. The van der Waals surface area contributed by atoms with Crippen LogP contribution in [0.3, 0.4) is 0 Å². The van der Waals surface area contributed by atoms with Crippen molar-refractivity contribution in [3.8, 4) is 0 Å². The maximum atomic E-state index is 12.9. The summed E-state index contributed by atoms with van der Waals surface area (Å²) in [6.45, 7) is 0.115. The average Bonchev–Trinajstić information content (AvgIpc) is 2.60. The lowest BCUT2D eigenvalue weighted by Crippen LogP contribution is -2.40. The molecule has 2 aromatic rings. The summed E-state index contributed by atoms with van der Waals surface area (Å²) in [4.78, 5) is 6.44. The van der Waals surface area contributed by atoms with E-state index >= 15 is 0 Å². The standard InChI is InChI=1S/C17H12ClF6N3/c18-12-8-26(13-4-1-3-11(7-13)16(19,20)21)10-27(9-12)15-6-2-5-14(25-15)17(22,23)24/h1-7,9H,8,10H2. The van der Waals surface area contributed by atoms with Gasteiger partial charge >= 0.3 is 12.4 Å². The molecule has 0 fully saturated rings. The number of benzene rings is 1. The Hall–Kier alpha value is -2.42. The summed E-state index contributed by atoms with van der Waals surface area (Å²) < 4.78 is 77.4. The van der Waals surface area contributed by atoms with Gasteiger partial charge in [0.1, 0.15) is 11.5 Å². The number of hydrogen-bond donors (Lipinski definition) is 0. The second-order valence-corrected chi connectivity index (χ2v) is 6.30. The van der Waals surface area contributed by atoms with Gasteiger partial charge in [-0.15, -0.1) is 0 Å². The molecule has 1 aromatic heterocycles.